The lowest BCUT2D eigenvalue weighted by molar-refractivity contribution is -0.133. The summed E-state index contributed by atoms with van der Waals surface area (Å²) in [5.74, 6) is -0.164. The van der Waals surface area contributed by atoms with Crippen LogP contribution in [0.5, 0.6) is 0 Å². The number of hydrogen-bond donors (Lipinski definition) is 2. The van der Waals surface area contributed by atoms with Crippen molar-refractivity contribution in [2.75, 3.05) is 60.9 Å². The van der Waals surface area contributed by atoms with E-state index in [4.69, 9.17) is 5.11 Å². The second-order valence-electron chi connectivity index (χ2n) is 8.05. The molecule has 3 rings (SSSR count). The highest BCUT2D eigenvalue weighted by Crippen LogP contribution is 2.53. The minimum Gasteiger partial charge on any atom is -0.481 e. The minimum atomic E-state index is -0.838. The molecule has 178 valence electrons. The molecule has 7 nitrogen and oxygen atoms in total. The number of fused-ring (bicyclic) bond motifs is 2. The van der Waals surface area contributed by atoms with Crippen LogP contribution in [0.4, 0.5) is 27.5 Å². The lowest BCUT2D eigenvalue weighted by atomic mass is 10.1. The molecular formula is C23H30N4O3S3. The van der Waals surface area contributed by atoms with Gasteiger partial charge in [-0.3, -0.25) is 9.69 Å². The number of carbonyl (C=O) groups excluding carboxylic acids is 1. The second kappa shape index (κ2) is 10.8. The highest BCUT2D eigenvalue weighted by atomic mass is 33.1. The third-order valence-electron chi connectivity index (χ3n) is 5.29. The zero-order valence-corrected chi connectivity index (χ0v) is 22.2. The lowest BCUT2D eigenvalue weighted by Crippen LogP contribution is -2.39. The summed E-state index contributed by atoms with van der Waals surface area (Å²) in [7, 11) is 10.8. The van der Waals surface area contributed by atoms with Crippen LogP contribution in [0.3, 0.4) is 0 Å². The minimum absolute atomic E-state index is 0.0453. The number of hydrogen-bond acceptors (Lipinski definition) is 7. The van der Waals surface area contributed by atoms with Crippen LogP contribution in [0.2, 0.25) is 0 Å². The van der Waals surface area contributed by atoms with Gasteiger partial charge in [0.2, 0.25) is 0 Å². The van der Waals surface area contributed by atoms with Crippen molar-refractivity contribution in [3.8, 4) is 0 Å². The molecule has 0 spiro atoms. The van der Waals surface area contributed by atoms with E-state index in [1.165, 1.54) is 21.6 Å². The summed E-state index contributed by atoms with van der Waals surface area (Å²) in [4.78, 5) is 32.2. The number of amides is 2. The molecular weight excluding hydrogens is 476 g/mol. The quantitative estimate of drug-likeness (QED) is 0.373. The van der Waals surface area contributed by atoms with Crippen LogP contribution < -0.4 is 20.0 Å². The van der Waals surface area contributed by atoms with Crippen LogP contribution in [-0.4, -0.2) is 63.3 Å². The van der Waals surface area contributed by atoms with Crippen LogP contribution in [0.15, 0.2) is 34.1 Å². The van der Waals surface area contributed by atoms with Gasteiger partial charge in [-0.15, -0.1) is 0 Å². The summed E-state index contributed by atoms with van der Waals surface area (Å²) in [6.45, 7) is 4.65. The molecule has 33 heavy (non-hydrogen) atoms. The standard InChI is InChI=1S/C23H30N4O3S3/c1-14-16(25(3)4)7-9-18-21(14)33-22-15(2)17(26(5)6)8-10-19(22)27(18)23(30)24-11-12-31-32-13-20(28)29/h7-10H,11-13H2,1-6H3,(H,24,30)(H,28,29). The predicted octanol–water partition coefficient (Wildman–Crippen LogP) is 5.21. The van der Waals surface area contributed by atoms with E-state index in [0.29, 0.717) is 12.3 Å². The lowest BCUT2D eigenvalue weighted by Gasteiger charge is -2.35. The molecule has 0 aliphatic carbocycles. The molecule has 0 saturated heterocycles. The molecule has 10 heteroatoms. The first kappa shape index (κ1) is 25.5. The molecule has 2 aromatic carbocycles. The van der Waals surface area contributed by atoms with E-state index in [1.807, 2.05) is 40.3 Å². The molecule has 0 atom stereocenters. The van der Waals surface area contributed by atoms with E-state index in [9.17, 15) is 9.59 Å². The van der Waals surface area contributed by atoms with Gasteiger partial charge in [-0.2, -0.15) is 0 Å². The van der Waals surface area contributed by atoms with Gasteiger partial charge in [-0.1, -0.05) is 33.3 Å². The highest BCUT2D eigenvalue weighted by molar-refractivity contribution is 8.76. The molecule has 1 aliphatic heterocycles. The molecule has 0 fully saturated rings. The zero-order valence-electron chi connectivity index (χ0n) is 19.8. The maximum atomic E-state index is 13.4. The molecule has 2 N–H and O–H groups in total. The smallest absolute Gasteiger partial charge is 0.326 e. The van der Waals surface area contributed by atoms with Crippen LogP contribution in [0.25, 0.3) is 0 Å². The topological polar surface area (TPSA) is 76.1 Å². The van der Waals surface area contributed by atoms with Crippen LogP contribution in [0, 0.1) is 13.8 Å². The van der Waals surface area contributed by atoms with E-state index >= 15 is 0 Å². The summed E-state index contributed by atoms with van der Waals surface area (Å²) < 4.78 is 0. The predicted molar refractivity (Wildman–Crippen MR) is 143 cm³/mol. The molecule has 0 radical (unpaired) electrons. The van der Waals surface area contributed by atoms with Crippen LogP contribution >= 0.6 is 33.3 Å². The number of anilines is 4. The molecule has 2 amide bonds. The number of nitrogens with one attached hydrogen (secondary N) is 1. The number of urea groups is 1. The fourth-order valence-corrected chi connectivity index (χ4v) is 6.68. The molecule has 0 unspecified atom stereocenters. The van der Waals surface area contributed by atoms with Gasteiger partial charge in [-0.05, 0) is 49.2 Å². The number of benzene rings is 2. The van der Waals surface area contributed by atoms with Crippen molar-refractivity contribution in [1.29, 1.82) is 0 Å². The average Bonchev–Trinajstić information content (AvgIpc) is 2.74. The Hall–Kier alpha value is -2.17. The van der Waals surface area contributed by atoms with Crippen molar-refractivity contribution in [2.45, 2.75) is 23.6 Å². The fourth-order valence-electron chi connectivity index (χ4n) is 3.79. The number of aliphatic carboxylic acids is 1. The van der Waals surface area contributed by atoms with E-state index in [-0.39, 0.29) is 11.8 Å². The van der Waals surface area contributed by atoms with Crippen molar-refractivity contribution in [2.24, 2.45) is 0 Å². The Balaban J connectivity index is 1.94. The molecule has 0 saturated carbocycles. The van der Waals surface area contributed by atoms with E-state index in [1.54, 1.807) is 16.7 Å². The van der Waals surface area contributed by atoms with Gasteiger partial charge in [0.15, 0.2) is 0 Å². The summed E-state index contributed by atoms with van der Waals surface area (Å²) in [6, 6.07) is 7.95. The number of nitrogens with zero attached hydrogens (tertiary/aromatic N) is 3. The van der Waals surface area contributed by atoms with Gasteiger partial charge in [0.05, 0.1) is 11.4 Å². The van der Waals surface area contributed by atoms with E-state index in [2.05, 4.69) is 41.1 Å². The van der Waals surface area contributed by atoms with Crippen molar-refractivity contribution in [3.05, 3.63) is 35.4 Å². The van der Waals surface area contributed by atoms with Crippen molar-refractivity contribution in [3.63, 3.8) is 0 Å². The van der Waals surface area contributed by atoms with Gasteiger partial charge in [0, 0.05) is 61.7 Å². The molecule has 1 heterocycles. The maximum Gasteiger partial charge on any atom is 0.326 e. The largest absolute Gasteiger partial charge is 0.481 e. The first-order chi connectivity index (χ1) is 15.6. The van der Waals surface area contributed by atoms with Gasteiger partial charge < -0.3 is 20.2 Å². The molecule has 2 aromatic rings. The Morgan fingerprint density at radius 3 is 1.91 bits per heavy atom. The van der Waals surface area contributed by atoms with E-state index in [0.717, 1.165) is 43.7 Å². The molecule has 1 aliphatic rings. The van der Waals surface area contributed by atoms with Crippen LogP contribution in [0.1, 0.15) is 11.1 Å². The monoisotopic (exact) mass is 506 g/mol. The SMILES string of the molecule is Cc1c(N(C)C)ccc2c1Sc1c(ccc(N(C)C)c1C)N2C(=O)NCCSSCC(=O)O. The van der Waals surface area contributed by atoms with Gasteiger partial charge in [-0.25, -0.2) is 4.79 Å². The van der Waals surface area contributed by atoms with Crippen LogP contribution in [-0.2, 0) is 4.79 Å². The Morgan fingerprint density at radius 2 is 1.45 bits per heavy atom. The Labute approximate surface area is 207 Å². The number of carboxylic acid groups (broad SMARTS) is 1. The van der Waals surface area contributed by atoms with Crippen molar-refractivity contribution < 1.29 is 14.7 Å². The first-order valence-corrected chi connectivity index (χ1v) is 13.8. The third-order valence-corrected chi connectivity index (χ3v) is 8.99. The van der Waals surface area contributed by atoms with E-state index < -0.39 is 5.97 Å². The highest BCUT2D eigenvalue weighted by Gasteiger charge is 2.32. The maximum absolute atomic E-state index is 13.4. The summed E-state index contributed by atoms with van der Waals surface area (Å²) in [5.41, 5.74) is 6.27. The first-order valence-electron chi connectivity index (χ1n) is 10.5. The van der Waals surface area contributed by atoms with Crippen molar-refractivity contribution in [1.82, 2.24) is 5.32 Å². The fraction of sp³-hybridized carbons (Fsp3) is 0.391. The normalized spacial score (nSPS) is 12.1. The Bertz CT molecular complexity index is 996. The van der Waals surface area contributed by atoms with Gasteiger partial charge in [0.25, 0.3) is 0 Å². The Morgan fingerprint density at radius 1 is 0.939 bits per heavy atom. The molecule has 0 aromatic heterocycles. The summed E-state index contributed by atoms with van der Waals surface area (Å²) in [6.07, 6.45) is 0. The molecule has 0 bridgehead atoms. The number of carboxylic acids is 1. The number of carbonyl (C=O) groups is 2. The second-order valence-corrected chi connectivity index (χ2v) is 11.7. The average molecular weight is 507 g/mol. The van der Waals surface area contributed by atoms with Gasteiger partial charge in [0.1, 0.15) is 5.75 Å². The summed E-state index contributed by atoms with van der Waals surface area (Å²) >= 11 is 1.72. The Kier molecular flexibility index (Phi) is 8.36. The zero-order chi connectivity index (χ0) is 24.3. The number of rotatable bonds is 8. The van der Waals surface area contributed by atoms with Crippen molar-refractivity contribution >= 4 is 68.1 Å². The van der Waals surface area contributed by atoms with Gasteiger partial charge >= 0.3 is 12.0 Å². The third kappa shape index (κ3) is 5.50. The summed E-state index contributed by atoms with van der Waals surface area (Å²) in [5, 5.41) is 11.8.